The Kier molecular flexibility index (Phi) is 6.70. The number of hydrogen-bond acceptors (Lipinski definition) is 3. The average molecular weight is 117 g/mol. The zero-order chi connectivity index (χ0) is 3.58. The van der Waals surface area contributed by atoms with E-state index in [-0.39, 0.29) is 18.5 Å². The van der Waals surface area contributed by atoms with E-state index in [1.165, 1.54) is 0 Å². The van der Waals surface area contributed by atoms with Crippen molar-refractivity contribution in [2.24, 2.45) is 0 Å². The van der Waals surface area contributed by atoms with Gasteiger partial charge in [0.05, 0.1) is 0 Å². The molecule has 0 N–H and O–H groups in total. The van der Waals surface area contributed by atoms with Crippen molar-refractivity contribution < 1.29 is 33.5 Å². The van der Waals surface area contributed by atoms with Gasteiger partial charge in [0, 0.05) is 0 Å². The van der Waals surface area contributed by atoms with Crippen LogP contribution in [0.4, 0.5) is 4.79 Å². The molecule has 0 aromatic rings. The third-order valence-corrected chi connectivity index (χ3v) is 0. The Bertz CT molecular complexity index is 33.8. The maximum Gasteiger partial charge on any atom is 3.00 e. The first-order chi connectivity index (χ1) is 1.73. The van der Waals surface area contributed by atoms with Gasteiger partial charge in [-0.2, -0.15) is 0 Å². The van der Waals surface area contributed by atoms with E-state index in [2.05, 4.69) is 0 Å². The third-order valence-electron chi connectivity index (χ3n) is 0. The molecule has 0 rings (SSSR count). The fourth-order valence-corrected chi connectivity index (χ4v) is 0. The van der Waals surface area contributed by atoms with E-state index >= 15 is 0 Å². The monoisotopic (exact) mass is 117 g/mol. The van der Waals surface area contributed by atoms with Crippen LogP contribution < -0.4 is 10.2 Å². The van der Waals surface area contributed by atoms with E-state index in [1.54, 1.807) is 0 Å². The van der Waals surface area contributed by atoms with Gasteiger partial charge < -0.3 is 15.0 Å². The first-order valence-corrected chi connectivity index (χ1v) is 0.612. The van der Waals surface area contributed by atoms with Crippen molar-refractivity contribution in [2.45, 2.75) is 0 Å². The van der Waals surface area contributed by atoms with Crippen LogP contribution in [0.2, 0.25) is 0 Å². The number of carboxylic acid groups (broad SMARTS) is 2. The summed E-state index contributed by atoms with van der Waals surface area (Å²) < 4.78 is 0. The van der Waals surface area contributed by atoms with Crippen LogP contribution in [0.1, 0.15) is 1.43 Å². The molecule has 0 aliphatic rings. The van der Waals surface area contributed by atoms with E-state index < -0.39 is 6.16 Å². The molecule has 0 saturated carbocycles. The molecule has 0 fully saturated rings. The molecule has 5 heavy (non-hydrogen) atoms. The van der Waals surface area contributed by atoms with Crippen molar-refractivity contribution in [1.29, 1.82) is 0 Å². The van der Waals surface area contributed by atoms with Gasteiger partial charge in [0.25, 0.3) is 0 Å². The quantitative estimate of drug-likeness (QED) is 0.334. The smallest absolute Gasteiger partial charge is 0.652 e. The number of rotatable bonds is 0. The molecule has 0 aromatic heterocycles. The van der Waals surface area contributed by atoms with Crippen LogP contribution in [0.25, 0.3) is 0 Å². The summed E-state index contributed by atoms with van der Waals surface area (Å²) in [7, 11) is 0. The standard InChI is InChI=1S/CH2O3.Fe/c2-1(3)4;/h(H2,2,3,4);/q;+3/p-1. The topological polar surface area (TPSA) is 63.2 Å². The maximum absolute atomic E-state index is 8.33. The summed E-state index contributed by atoms with van der Waals surface area (Å²) in [6.07, 6.45) is -2.33. The van der Waals surface area contributed by atoms with E-state index in [9.17, 15) is 0 Å². The van der Waals surface area contributed by atoms with E-state index in [0.29, 0.717) is 0 Å². The van der Waals surface area contributed by atoms with Gasteiger partial charge in [-0.15, -0.1) is 0 Å². The summed E-state index contributed by atoms with van der Waals surface area (Å²) in [4.78, 5) is 8.33. The van der Waals surface area contributed by atoms with E-state index in [1.807, 2.05) is 0 Å². The van der Waals surface area contributed by atoms with Crippen LogP contribution in [0, 0.1) is 0 Å². The SMILES string of the molecule is O=C([O-])[O-].[Fe+3].[H+]. The van der Waals surface area contributed by atoms with Crippen LogP contribution in [0.5, 0.6) is 0 Å². The minimum absolute atomic E-state index is 0. The molecule has 0 aliphatic heterocycles. The van der Waals surface area contributed by atoms with Crippen LogP contribution in [0.15, 0.2) is 0 Å². The van der Waals surface area contributed by atoms with E-state index in [0.717, 1.165) is 0 Å². The van der Waals surface area contributed by atoms with Gasteiger partial charge in [-0.1, -0.05) is 0 Å². The van der Waals surface area contributed by atoms with Crippen molar-refractivity contribution in [2.75, 3.05) is 0 Å². The van der Waals surface area contributed by atoms with Crippen molar-refractivity contribution >= 4 is 6.16 Å². The molecule has 1 radical (unpaired) electrons. The predicted octanol–water partition coefficient (Wildman–Crippen LogP) is -2.34. The molecule has 0 aliphatic carbocycles. The molecule has 3 nitrogen and oxygen atoms in total. The molecule has 0 unspecified atom stereocenters. The molecular weight excluding hydrogens is 116 g/mol. The Morgan fingerprint density at radius 1 is 1.60 bits per heavy atom. The Morgan fingerprint density at radius 2 is 1.60 bits per heavy atom. The van der Waals surface area contributed by atoms with Gasteiger partial charge in [0.1, 0.15) is 0 Å². The average Bonchev–Trinajstić information content (AvgIpc) is 0.811. The summed E-state index contributed by atoms with van der Waals surface area (Å²) in [6.45, 7) is 0. The minimum atomic E-state index is -2.33. The second-order valence-electron chi connectivity index (χ2n) is 0.250. The second kappa shape index (κ2) is 3.79. The molecule has 29 valence electrons. The number of hydrogen-bond donors (Lipinski definition) is 0. The number of carbonyl (C=O) groups excluding carboxylic acids is 1. The molecule has 0 spiro atoms. The Hall–Kier alpha value is -0.211. The van der Waals surface area contributed by atoms with Crippen molar-refractivity contribution in [3.63, 3.8) is 0 Å². The fraction of sp³-hybridized carbons (Fsp3) is 0. The summed E-state index contributed by atoms with van der Waals surface area (Å²) in [5, 5.41) is 16.7. The van der Waals surface area contributed by atoms with Gasteiger partial charge in [-0.3, -0.25) is 0 Å². The largest absolute Gasteiger partial charge is 3.00 e. The van der Waals surface area contributed by atoms with Gasteiger partial charge in [-0.05, 0) is 6.16 Å². The third kappa shape index (κ3) is 274. The van der Waals surface area contributed by atoms with Gasteiger partial charge in [-0.25, -0.2) is 0 Å². The molecular formula is CHFeO3+2. The van der Waals surface area contributed by atoms with Crippen LogP contribution >= 0.6 is 0 Å². The van der Waals surface area contributed by atoms with Crippen LogP contribution in [0.3, 0.4) is 0 Å². The molecule has 0 aromatic carbocycles. The van der Waals surface area contributed by atoms with Crippen molar-refractivity contribution in [3.05, 3.63) is 0 Å². The zero-order valence-electron chi connectivity index (χ0n) is 3.08. The van der Waals surface area contributed by atoms with Crippen molar-refractivity contribution in [3.8, 4) is 0 Å². The Labute approximate surface area is 40.6 Å². The Balaban J connectivity index is -0.0000000450. The van der Waals surface area contributed by atoms with Crippen molar-refractivity contribution in [1.82, 2.24) is 0 Å². The molecule has 4 heteroatoms. The number of carbonyl (C=O) groups is 1. The molecule has 0 bridgehead atoms. The van der Waals surface area contributed by atoms with Gasteiger partial charge >= 0.3 is 18.5 Å². The maximum atomic E-state index is 8.33. The van der Waals surface area contributed by atoms with Crippen LogP contribution in [-0.2, 0) is 17.1 Å². The zero-order valence-corrected chi connectivity index (χ0v) is 3.18. The fourth-order valence-electron chi connectivity index (χ4n) is 0. The summed E-state index contributed by atoms with van der Waals surface area (Å²) in [5.41, 5.74) is 0. The minimum Gasteiger partial charge on any atom is -0.652 e. The van der Waals surface area contributed by atoms with E-state index in [4.69, 9.17) is 15.0 Å². The first kappa shape index (κ1) is 8.84. The summed E-state index contributed by atoms with van der Waals surface area (Å²) in [6, 6.07) is 0. The normalized spacial score (nSPS) is 4.80. The Morgan fingerprint density at radius 3 is 1.60 bits per heavy atom. The first-order valence-electron chi connectivity index (χ1n) is 0.612. The summed E-state index contributed by atoms with van der Waals surface area (Å²) in [5.74, 6) is 0. The summed E-state index contributed by atoms with van der Waals surface area (Å²) >= 11 is 0. The molecule has 0 amide bonds. The molecule has 0 atom stereocenters. The van der Waals surface area contributed by atoms with Crippen LogP contribution in [-0.4, -0.2) is 6.16 Å². The second-order valence-corrected chi connectivity index (χ2v) is 0.250. The molecule has 0 heterocycles. The van der Waals surface area contributed by atoms with Gasteiger partial charge in [0.2, 0.25) is 0 Å². The predicted molar refractivity (Wildman–Crippen MR) is 6.51 cm³/mol. The van der Waals surface area contributed by atoms with Gasteiger partial charge in [0.15, 0.2) is 0 Å². The molecule has 0 saturated heterocycles.